The SMILES string of the molecule is Cl.NCC(=O)NCC(=O)NCc1cc(Br)ccc1OC(F)F. The standard InChI is InChI=1S/C12H14BrF2N3O3.ClH/c13-8-1-2-9(21-12(14)15)7(3-8)5-17-11(20)6-18-10(19)4-16;/h1-3,12H,4-6,16H2,(H,17,20)(H,18,19);1H. The number of nitrogens with one attached hydrogen (secondary N) is 2. The number of amides is 2. The zero-order valence-electron chi connectivity index (χ0n) is 11.3. The van der Waals surface area contributed by atoms with Crippen molar-refractivity contribution in [2.45, 2.75) is 13.2 Å². The Bertz CT molecular complexity index is 520. The molecule has 1 aromatic rings. The van der Waals surface area contributed by atoms with E-state index in [0.717, 1.165) is 0 Å². The van der Waals surface area contributed by atoms with Crippen LogP contribution in [0.4, 0.5) is 8.78 Å². The van der Waals surface area contributed by atoms with Crippen molar-refractivity contribution in [3.63, 3.8) is 0 Å². The quantitative estimate of drug-likeness (QED) is 0.638. The van der Waals surface area contributed by atoms with Gasteiger partial charge < -0.3 is 21.1 Å². The minimum atomic E-state index is -2.95. The lowest BCUT2D eigenvalue weighted by molar-refractivity contribution is -0.125. The van der Waals surface area contributed by atoms with E-state index in [1.54, 1.807) is 12.1 Å². The summed E-state index contributed by atoms with van der Waals surface area (Å²) in [7, 11) is 0. The molecule has 2 amide bonds. The zero-order chi connectivity index (χ0) is 15.8. The van der Waals surface area contributed by atoms with Crippen LogP contribution in [-0.4, -0.2) is 31.5 Å². The molecule has 0 spiro atoms. The number of nitrogens with two attached hydrogens (primary N) is 1. The summed E-state index contributed by atoms with van der Waals surface area (Å²) in [5.41, 5.74) is 5.45. The Kier molecular flexibility index (Phi) is 9.63. The third-order valence-electron chi connectivity index (χ3n) is 2.35. The van der Waals surface area contributed by atoms with Crippen molar-refractivity contribution in [1.29, 1.82) is 0 Å². The van der Waals surface area contributed by atoms with Crippen LogP contribution in [0.5, 0.6) is 5.75 Å². The summed E-state index contributed by atoms with van der Waals surface area (Å²) in [5, 5.41) is 4.77. The summed E-state index contributed by atoms with van der Waals surface area (Å²) >= 11 is 3.20. The van der Waals surface area contributed by atoms with Crippen molar-refractivity contribution in [2.75, 3.05) is 13.1 Å². The van der Waals surface area contributed by atoms with Gasteiger partial charge in [-0.15, -0.1) is 12.4 Å². The molecule has 6 nitrogen and oxygen atoms in total. The van der Waals surface area contributed by atoms with Crippen molar-refractivity contribution in [2.24, 2.45) is 5.73 Å². The van der Waals surface area contributed by atoms with Gasteiger partial charge in [0, 0.05) is 16.6 Å². The molecule has 4 N–H and O–H groups in total. The molecule has 0 heterocycles. The van der Waals surface area contributed by atoms with Gasteiger partial charge in [-0.25, -0.2) is 0 Å². The molecule has 0 unspecified atom stereocenters. The lowest BCUT2D eigenvalue weighted by Crippen LogP contribution is -2.39. The molecule has 0 atom stereocenters. The minimum Gasteiger partial charge on any atom is -0.434 e. The molecular formula is C12H15BrClF2N3O3. The maximum absolute atomic E-state index is 12.3. The number of carbonyl (C=O) groups is 2. The van der Waals surface area contributed by atoms with Crippen LogP contribution < -0.4 is 21.1 Å². The summed E-state index contributed by atoms with van der Waals surface area (Å²) in [6.07, 6.45) is 0. The first kappa shape index (κ1) is 20.6. The topological polar surface area (TPSA) is 93.5 Å². The van der Waals surface area contributed by atoms with Crippen LogP contribution in [0.25, 0.3) is 0 Å². The average Bonchev–Trinajstić information content (AvgIpc) is 2.44. The monoisotopic (exact) mass is 401 g/mol. The molecule has 22 heavy (non-hydrogen) atoms. The fourth-order valence-corrected chi connectivity index (χ4v) is 1.81. The predicted molar refractivity (Wildman–Crippen MR) is 81.9 cm³/mol. The maximum Gasteiger partial charge on any atom is 0.387 e. The van der Waals surface area contributed by atoms with Crippen LogP contribution in [0.15, 0.2) is 22.7 Å². The number of hydrogen-bond acceptors (Lipinski definition) is 4. The lowest BCUT2D eigenvalue weighted by Gasteiger charge is -2.12. The highest BCUT2D eigenvalue weighted by Gasteiger charge is 2.11. The zero-order valence-corrected chi connectivity index (χ0v) is 13.7. The molecule has 0 aliphatic heterocycles. The Balaban J connectivity index is 0.00000441. The van der Waals surface area contributed by atoms with Gasteiger partial charge in [-0.3, -0.25) is 9.59 Å². The summed E-state index contributed by atoms with van der Waals surface area (Å²) in [6.45, 7) is -3.43. The fourth-order valence-electron chi connectivity index (χ4n) is 1.40. The number of carbonyl (C=O) groups excluding carboxylic acids is 2. The summed E-state index contributed by atoms with van der Waals surface area (Å²) in [6, 6.07) is 4.47. The predicted octanol–water partition coefficient (Wildman–Crippen LogP) is 1.16. The van der Waals surface area contributed by atoms with Crippen molar-refractivity contribution in [3.05, 3.63) is 28.2 Å². The van der Waals surface area contributed by atoms with E-state index in [4.69, 9.17) is 5.73 Å². The molecule has 0 fully saturated rings. The Morgan fingerprint density at radius 3 is 2.55 bits per heavy atom. The van der Waals surface area contributed by atoms with Crippen LogP contribution in [0.1, 0.15) is 5.56 Å². The third-order valence-corrected chi connectivity index (χ3v) is 2.84. The molecule has 0 aliphatic rings. The van der Waals surface area contributed by atoms with Gasteiger partial charge in [-0.2, -0.15) is 8.78 Å². The van der Waals surface area contributed by atoms with Gasteiger partial charge in [0.05, 0.1) is 13.1 Å². The van der Waals surface area contributed by atoms with E-state index in [1.165, 1.54) is 6.07 Å². The molecule has 0 saturated carbocycles. The molecule has 0 aliphatic carbocycles. The third kappa shape index (κ3) is 7.53. The first-order chi connectivity index (χ1) is 9.92. The molecule has 1 rings (SSSR count). The van der Waals surface area contributed by atoms with Crippen LogP contribution >= 0.6 is 28.3 Å². The van der Waals surface area contributed by atoms with E-state index in [-0.39, 0.29) is 37.8 Å². The van der Waals surface area contributed by atoms with Crippen LogP contribution in [-0.2, 0) is 16.1 Å². The molecule has 1 aromatic carbocycles. The fraction of sp³-hybridized carbons (Fsp3) is 0.333. The highest BCUT2D eigenvalue weighted by molar-refractivity contribution is 9.10. The Labute approximate surface area is 140 Å². The van der Waals surface area contributed by atoms with E-state index in [0.29, 0.717) is 10.0 Å². The van der Waals surface area contributed by atoms with Crippen molar-refractivity contribution in [1.82, 2.24) is 10.6 Å². The van der Waals surface area contributed by atoms with Gasteiger partial charge in [0.25, 0.3) is 0 Å². The summed E-state index contributed by atoms with van der Waals surface area (Å²) in [5.74, 6) is -0.964. The van der Waals surface area contributed by atoms with Gasteiger partial charge in [0.2, 0.25) is 11.8 Å². The second-order valence-corrected chi connectivity index (χ2v) is 4.80. The second kappa shape index (κ2) is 10.3. The molecule has 0 radical (unpaired) electrons. The van der Waals surface area contributed by atoms with Gasteiger partial charge in [0.1, 0.15) is 5.75 Å². The van der Waals surface area contributed by atoms with E-state index < -0.39 is 18.4 Å². The van der Waals surface area contributed by atoms with Gasteiger partial charge >= 0.3 is 6.61 Å². The van der Waals surface area contributed by atoms with E-state index in [9.17, 15) is 18.4 Å². The first-order valence-corrected chi connectivity index (χ1v) is 6.68. The number of alkyl halides is 2. The van der Waals surface area contributed by atoms with Gasteiger partial charge in [-0.05, 0) is 18.2 Å². The van der Waals surface area contributed by atoms with Crippen molar-refractivity contribution in [3.8, 4) is 5.75 Å². The highest BCUT2D eigenvalue weighted by Crippen LogP contribution is 2.24. The Hall–Kier alpha value is -1.45. The molecule has 0 aromatic heterocycles. The first-order valence-electron chi connectivity index (χ1n) is 5.89. The van der Waals surface area contributed by atoms with Crippen LogP contribution in [0, 0.1) is 0 Å². The summed E-state index contributed by atoms with van der Waals surface area (Å²) in [4.78, 5) is 22.4. The van der Waals surface area contributed by atoms with Gasteiger partial charge in [0.15, 0.2) is 0 Å². The van der Waals surface area contributed by atoms with Crippen LogP contribution in [0.3, 0.4) is 0 Å². The molecule has 0 bridgehead atoms. The second-order valence-electron chi connectivity index (χ2n) is 3.89. The number of rotatable bonds is 7. The number of hydrogen-bond donors (Lipinski definition) is 3. The van der Waals surface area contributed by atoms with E-state index in [2.05, 4.69) is 31.3 Å². The largest absolute Gasteiger partial charge is 0.434 e. The number of halogens is 4. The van der Waals surface area contributed by atoms with E-state index >= 15 is 0 Å². The Morgan fingerprint density at radius 1 is 1.27 bits per heavy atom. The molecular weight excluding hydrogens is 388 g/mol. The maximum atomic E-state index is 12.3. The smallest absolute Gasteiger partial charge is 0.387 e. The number of ether oxygens (including phenoxy) is 1. The Morgan fingerprint density at radius 2 is 1.95 bits per heavy atom. The number of benzene rings is 1. The normalized spacial score (nSPS) is 9.86. The molecule has 0 saturated heterocycles. The summed E-state index contributed by atoms with van der Waals surface area (Å²) < 4.78 is 29.5. The van der Waals surface area contributed by atoms with E-state index in [1.807, 2.05) is 0 Å². The van der Waals surface area contributed by atoms with Crippen molar-refractivity contribution < 1.29 is 23.1 Å². The van der Waals surface area contributed by atoms with Crippen molar-refractivity contribution >= 4 is 40.2 Å². The van der Waals surface area contributed by atoms with Gasteiger partial charge in [-0.1, -0.05) is 15.9 Å². The average molecular weight is 403 g/mol. The molecule has 124 valence electrons. The molecule has 10 heteroatoms. The van der Waals surface area contributed by atoms with Crippen LogP contribution in [0.2, 0.25) is 0 Å². The minimum absolute atomic E-state index is 0. The highest BCUT2D eigenvalue weighted by atomic mass is 79.9. The lowest BCUT2D eigenvalue weighted by atomic mass is 10.2.